The standard InChI is InChI=1S/C21H18F2N2O3/c1-27-18-12-14(6-7-15(18)13-8-10-25-11-9-13)19(20(24)26)16-4-2-3-5-17(16)28-21(22)23/h2-12,19,21H,1H3,(H2,24,26). The highest BCUT2D eigenvalue weighted by atomic mass is 19.3. The predicted octanol–water partition coefficient (Wildman–Crippen LogP) is 3.98. The number of primary amides is 1. The van der Waals surface area contributed by atoms with Crippen LogP contribution < -0.4 is 15.2 Å². The van der Waals surface area contributed by atoms with Crippen LogP contribution in [0.1, 0.15) is 17.0 Å². The Kier molecular flexibility index (Phi) is 5.84. The van der Waals surface area contributed by atoms with Gasteiger partial charge in [0.2, 0.25) is 5.91 Å². The lowest BCUT2D eigenvalue weighted by Gasteiger charge is -2.20. The van der Waals surface area contributed by atoms with Crippen molar-refractivity contribution in [2.75, 3.05) is 7.11 Å². The number of benzene rings is 2. The van der Waals surface area contributed by atoms with E-state index in [1.807, 2.05) is 12.1 Å². The monoisotopic (exact) mass is 384 g/mol. The van der Waals surface area contributed by atoms with E-state index in [4.69, 9.17) is 10.5 Å². The lowest BCUT2D eigenvalue weighted by molar-refractivity contribution is -0.118. The maximum Gasteiger partial charge on any atom is 0.387 e. The Hall–Kier alpha value is -3.48. The molecule has 1 unspecified atom stereocenters. The number of methoxy groups -OCH3 is 1. The summed E-state index contributed by atoms with van der Waals surface area (Å²) in [5.74, 6) is -1.25. The lowest BCUT2D eigenvalue weighted by atomic mass is 9.88. The van der Waals surface area contributed by atoms with E-state index in [1.54, 1.807) is 42.7 Å². The molecule has 3 rings (SSSR count). The summed E-state index contributed by atoms with van der Waals surface area (Å²) in [6.45, 7) is -3.02. The SMILES string of the molecule is COc1cc(C(C(N)=O)c2ccccc2OC(F)F)ccc1-c1ccncc1. The van der Waals surface area contributed by atoms with E-state index >= 15 is 0 Å². The molecule has 0 radical (unpaired) electrons. The molecule has 0 saturated carbocycles. The zero-order chi connectivity index (χ0) is 20.1. The molecule has 3 aromatic rings. The van der Waals surface area contributed by atoms with Gasteiger partial charge in [-0.3, -0.25) is 9.78 Å². The van der Waals surface area contributed by atoms with Gasteiger partial charge in [0.25, 0.3) is 0 Å². The third-order valence-corrected chi connectivity index (χ3v) is 4.28. The second-order valence-corrected chi connectivity index (χ2v) is 5.95. The van der Waals surface area contributed by atoms with Crippen LogP contribution in [0.4, 0.5) is 8.78 Å². The van der Waals surface area contributed by atoms with Gasteiger partial charge in [-0.1, -0.05) is 30.3 Å². The molecule has 28 heavy (non-hydrogen) atoms. The van der Waals surface area contributed by atoms with Crippen molar-refractivity contribution in [3.63, 3.8) is 0 Å². The van der Waals surface area contributed by atoms with Crippen LogP contribution in [0.3, 0.4) is 0 Å². The molecule has 1 heterocycles. The largest absolute Gasteiger partial charge is 0.496 e. The third-order valence-electron chi connectivity index (χ3n) is 4.28. The molecule has 5 nitrogen and oxygen atoms in total. The smallest absolute Gasteiger partial charge is 0.387 e. The van der Waals surface area contributed by atoms with Gasteiger partial charge in [0, 0.05) is 23.5 Å². The average Bonchev–Trinajstić information content (AvgIpc) is 2.69. The average molecular weight is 384 g/mol. The lowest BCUT2D eigenvalue weighted by Crippen LogP contribution is -2.23. The van der Waals surface area contributed by atoms with Gasteiger partial charge < -0.3 is 15.2 Å². The molecule has 0 spiro atoms. The van der Waals surface area contributed by atoms with Crippen molar-refractivity contribution in [2.45, 2.75) is 12.5 Å². The van der Waals surface area contributed by atoms with Gasteiger partial charge in [0.1, 0.15) is 11.5 Å². The van der Waals surface area contributed by atoms with Crippen molar-refractivity contribution in [3.05, 3.63) is 78.1 Å². The fourth-order valence-electron chi connectivity index (χ4n) is 3.08. The minimum atomic E-state index is -3.02. The maximum absolute atomic E-state index is 12.8. The predicted molar refractivity (Wildman–Crippen MR) is 100 cm³/mol. The first-order valence-electron chi connectivity index (χ1n) is 8.42. The molecule has 1 aromatic heterocycles. The van der Waals surface area contributed by atoms with E-state index < -0.39 is 18.4 Å². The molecule has 0 aliphatic carbocycles. The normalized spacial score (nSPS) is 11.9. The van der Waals surface area contributed by atoms with E-state index in [0.717, 1.165) is 11.1 Å². The van der Waals surface area contributed by atoms with Crippen LogP contribution in [0.2, 0.25) is 0 Å². The van der Waals surface area contributed by atoms with Crippen LogP contribution in [0.15, 0.2) is 67.0 Å². The van der Waals surface area contributed by atoms with Gasteiger partial charge in [0.05, 0.1) is 13.0 Å². The fourth-order valence-corrected chi connectivity index (χ4v) is 3.08. The highest BCUT2D eigenvalue weighted by Crippen LogP contribution is 2.37. The van der Waals surface area contributed by atoms with E-state index in [1.165, 1.54) is 19.2 Å². The Morgan fingerprint density at radius 1 is 1.04 bits per heavy atom. The van der Waals surface area contributed by atoms with E-state index in [2.05, 4.69) is 9.72 Å². The first-order valence-corrected chi connectivity index (χ1v) is 8.42. The number of alkyl halides is 2. The number of para-hydroxylation sites is 1. The van der Waals surface area contributed by atoms with Crippen LogP contribution in [-0.2, 0) is 4.79 Å². The Morgan fingerprint density at radius 3 is 2.39 bits per heavy atom. The Labute approximate surface area is 160 Å². The number of ether oxygens (including phenoxy) is 2. The summed E-state index contributed by atoms with van der Waals surface area (Å²) in [7, 11) is 1.51. The second kappa shape index (κ2) is 8.47. The van der Waals surface area contributed by atoms with Gasteiger partial charge >= 0.3 is 6.61 Å². The summed E-state index contributed by atoms with van der Waals surface area (Å²) < 4.78 is 35.6. The maximum atomic E-state index is 12.8. The first kappa shape index (κ1) is 19.3. The summed E-state index contributed by atoms with van der Waals surface area (Å²) >= 11 is 0. The van der Waals surface area contributed by atoms with Crippen LogP contribution in [0.25, 0.3) is 11.1 Å². The number of rotatable bonds is 7. The number of carbonyl (C=O) groups is 1. The number of aromatic nitrogens is 1. The van der Waals surface area contributed by atoms with Gasteiger partial charge in [-0.25, -0.2) is 0 Å². The number of hydrogen-bond acceptors (Lipinski definition) is 4. The number of nitrogens with two attached hydrogens (primary N) is 1. The summed E-state index contributed by atoms with van der Waals surface area (Å²) in [5, 5.41) is 0. The van der Waals surface area contributed by atoms with Crippen LogP contribution in [-0.4, -0.2) is 24.6 Å². The Bertz CT molecular complexity index is 965. The molecule has 2 aromatic carbocycles. The summed E-state index contributed by atoms with van der Waals surface area (Å²) in [6, 6.07) is 14.9. The topological polar surface area (TPSA) is 74.4 Å². The minimum absolute atomic E-state index is 0.0986. The third kappa shape index (κ3) is 4.09. The number of halogens is 2. The summed E-state index contributed by atoms with van der Waals surface area (Å²) in [6.07, 6.45) is 3.32. The van der Waals surface area contributed by atoms with Crippen LogP contribution >= 0.6 is 0 Å². The highest BCUT2D eigenvalue weighted by Gasteiger charge is 2.26. The summed E-state index contributed by atoms with van der Waals surface area (Å²) in [5.41, 5.74) is 8.06. The molecule has 0 bridgehead atoms. The van der Waals surface area contributed by atoms with Crippen molar-refractivity contribution in [1.82, 2.24) is 4.98 Å². The number of carbonyl (C=O) groups excluding carboxylic acids is 1. The number of amides is 1. The second-order valence-electron chi connectivity index (χ2n) is 5.95. The van der Waals surface area contributed by atoms with E-state index in [9.17, 15) is 13.6 Å². The number of hydrogen-bond donors (Lipinski definition) is 1. The Morgan fingerprint density at radius 2 is 1.75 bits per heavy atom. The number of nitrogens with zero attached hydrogens (tertiary/aromatic N) is 1. The van der Waals surface area contributed by atoms with Gasteiger partial charge in [-0.05, 0) is 35.4 Å². The van der Waals surface area contributed by atoms with Gasteiger partial charge in [-0.2, -0.15) is 8.78 Å². The number of pyridine rings is 1. The molecule has 1 atom stereocenters. The molecule has 0 aliphatic rings. The van der Waals surface area contributed by atoms with Crippen LogP contribution in [0.5, 0.6) is 11.5 Å². The molecular weight excluding hydrogens is 366 g/mol. The molecule has 2 N–H and O–H groups in total. The fraction of sp³-hybridized carbons (Fsp3) is 0.143. The highest BCUT2D eigenvalue weighted by molar-refractivity contribution is 5.87. The van der Waals surface area contributed by atoms with E-state index in [0.29, 0.717) is 11.3 Å². The van der Waals surface area contributed by atoms with E-state index in [-0.39, 0.29) is 11.3 Å². The zero-order valence-corrected chi connectivity index (χ0v) is 15.0. The summed E-state index contributed by atoms with van der Waals surface area (Å²) in [4.78, 5) is 16.2. The van der Waals surface area contributed by atoms with Crippen molar-refractivity contribution < 1.29 is 23.0 Å². The van der Waals surface area contributed by atoms with Crippen molar-refractivity contribution in [2.24, 2.45) is 5.73 Å². The van der Waals surface area contributed by atoms with Crippen LogP contribution in [0, 0.1) is 0 Å². The molecule has 144 valence electrons. The van der Waals surface area contributed by atoms with Crippen molar-refractivity contribution in [3.8, 4) is 22.6 Å². The zero-order valence-electron chi connectivity index (χ0n) is 15.0. The van der Waals surface area contributed by atoms with Gasteiger partial charge in [-0.15, -0.1) is 0 Å². The Balaban J connectivity index is 2.08. The minimum Gasteiger partial charge on any atom is -0.496 e. The molecule has 7 heteroatoms. The van der Waals surface area contributed by atoms with Crippen molar-refractivity contribution >= 4 is 5.91 Å². The van der Waals surface area contributed by atoms with Crippen molar-refractivity contribution in [1.29, 1.82) is 0 Å². The quantitative estimate of drug-likeness (QED) is 0.669. The first-order chi connectivity index (χ1) is 13.5. The molecular formula is C21H18F2N2O3. The van der Waals surface area contributed by atoms with Gasteiger partial charge in [0.15, 0.2) is 0 Å². The molecule has 1 amide bonds. The molecule has 0 fully saturated rings. The molecule has 0 saturated heterocycles. The molecule has 0 aliphatic heterocycles.